The van der Waals surface area contributed by atoms with Gasteiger partial charge >= 0.3 is 0 Å². The fourth-order valence-corrected chi connectivity index (χ4v) is 3.42. The number of aliphatic imine (C=N–C) groups is 1. The Morgan fingerprint density at radius 2 is 2.10 bits per heavy atom. The van der Waals surface area contributed by atoms with E-state index >= 15 is 0 Å². The molecule has 0 amide bonds. The van der Waals surface area contributed by atoms with Crippen LogP contribution in [-0.4, -0.2) is 24.0 Å². The number of benzene rings is 2. The van der Waals surface area contributed by atoms with Gasteiger partial charge in [-0.1, -0.05) is 30.3 Å². The fourth-order valence-electron chi connectivity index (χ4n) is 2.36. The Morgan fingerprint density at radius 3 is 2.90 bits per heavy atom. The zero-order valence-corrected chi connectivity index (χ0v) is 12.8. The van der Waals surface area contributed by atoms with Gasteiger partial charge in [0.05, 0.1) is 6.54 Å². The van der Waals surface area contributed by atoms with E-state index in [1.807, 2.05) is 18.2 Å². The third kappa shape index (κ3) is 3.22. The molecule has 1 aliphatic heterocycles. The van der Waals surface area contributed by atoms with Gasteiger partial charge in [0.1, 0.15) is 11.6 Å². The second kappa shape index (κ2) is 6.22. The maximum absolute atomic E-state index is 9.62. The van der Waals surface area contributed by atoms with Crippen LogP contribution in [0.2, 0.25) is 0 Å². The van der Waals surface area contributed by atoms with Gasteiger partial charge in [0.15, 0.2) is 0 Å². The molecule has 1 heterocycles. The Bertz CT molecular complexity index is 682. The molecule has 0 aromatic heterocycles. The average Bonchev–Trinajstić information content (AvgIpc) is 3.03. The number of hydrogen-bond donors (Lipinski definition) is 2. The Balaban J connectivity index is 1.81. The molecule has 0 aliphatic carbocycles. The Hall–Kier alpha value is -1.94. The first-order valence-corrected chi connectivity index (χ1v) is 8.01. The molecule has 0 atom stereocenters. The molecule has 0 fully saturated rings. The van der Waals surface area contributed by atoms with E-state index in [1.54, 1.807) is 17.8 Å². The van der Waals surface area contributed by atoms with Crippen molar-refractivity contribution >= 4 is 17.6 Å². The number of hydrogen-bond acceptors (Lipinski definition) is 4. The maximum atomic E-state index is 9.62. The Labute approximate surface area is 129 Å². The molecule has 2 aromatic rings. The van der Waals surface area contributed by atoms with Gasteiger partial charge in [0, 0.05) is 22.8 Å². The van der Waals surface area contributed by atoms with Crippen LogP contribution in [0.25, 0.3) is 0 Å². The van der Waals surface area contributed by atoms with E-state index < -0.39 is 0 Å². The van der Waals surface area contributed by atoms with E-state index in [4.69, 9.17) is 0 Å². The molecule has 0 saturated carbocycles. The quantitative estimate of drug-likeness (QED) is 0.851. The van der Waals surface area contributed by atoms with Gasteiger partial charge in [-0.05, 0) is 30.2 Å². The molecule has 0 spiro atoms. The number of phenolic OH excluding ortho intramolecular Hbond substituents is 1. The van der Waals surface area contributed by atoms with Crippen molar-refractivity contribution in [1.82, 2.24) is 5.32 Å². The van der Waals surface area contributed by atoms with Gasteiger partial charge in [-0.2, -0.15) is 0 Å². The summed E-state index contributed by atoms with van der Waals surface area (Å²) in [6, 6.07) is 13.9. The van der Waals surface area contributed by atoms with Crippen LogP contribution in [-0.2, 0) is 5.75 Å². The van der Waals surface area contributed by atoms with Crippen molar-refractivity contribution in [2.75, 3.05) is 13.1 Å². The SMILES string of the molecule is Cc1ccc(O)cc1SCc1ccccc1C1=NCCN1. The number of amidine groups is 1. The zero-order chi connectivity index (χ0) is 14.7. The van der Waals surface area contributed by atoms with Crippen LogP contribution in [0, 0.1) is 6.92 Å². The summed E-state index contributed by atoms with van der Waals surface area (Å²) in [7, 11) is 0. The minimum Gasteiger partial charge on any atom is -0.508 e. The molecular weight excluding hydrogens is 280 g/mol. The van der Waals surface area contributed by atoms with E-state index in [-0.39, 0.29) is 0 Å². The standard InChI is InChI=1S/C17H18N2OS/c1-12-6-7-14(20)10-16(12)21-11-13-4-2-3-5-15(13)17-18-8-9-19-17/h2-7,10,20H,8-9,11H2,1H3,(H,18,19). The molecule has 0 bridgehead atoms. The highest BCUT2D eigenvalue weighted by Crippen LogP contribution is 2.30. The van der Waals surface area contributed by atoms with E-state index in [0.29, 0.717) is 5.75 Å². The first kappa shape index (κ1) is 14.0. The second-order valence-corrected chi connectivity index (χ2v) is 6.07. The summed E-state index contributed by atoms with van der Waals surface area (Å²) < 4.78 is 0. The molecule has 21 heavy (non-hydrogen) atoms. The van der Waals surface area contributed by atoms with Gasteiger partial charge in [-0.15, -0.1) is 11.8 Å². The topological polar surface area (TPSA) is 44.6 Å². The van der Waals surface area contributed by atoms with E-state index in [2.05, 4.69) is 35.4 Å². The molecule has 3 nitrogen and oxygen atoms in total. The molecule has 4 heteroatoms. The van der Waals surface area contributed by atoms with E-state index in [0.717, 1.165) is 29.6 Å². The van der Waals surface area contributed by atoms with Crippen molar-refractivity contribution in [3.8, 4) is 5.75 Å². The van der Waals surface area contributed by atoms with Crippen molar-refractivity contribution in [1.29, 1.82) is 0 Å². The number of thioether (sulfide) groups is 1. The van der Waals surface area contributed by atoms with Crippen molar-refractivity contribution in [3.63, 3.8) is 0 Å². The smallest absolute Gasteiger partial charge is 0.128 e. The minimum absolute atomic E-state index is 0.318. The molecule has 2 aromatic carbocycles. The number of nitrogens with one attached hydrogen (secondary N) is 1. The summed E-state index contributed by atoms with van der Waals surface area (Å²) in [4.78, 5) is 5.63. The number of aromatic hydroxyl groups is 1. The average molecular weight is 298 g/mol. The lowest BCUT2D eigenvalue weighted by Crippen LogP contribution is -2.20. The Morgan fingerprint density at radius 1 is 1.24 bits per heavy atom. The van der Waals surface area contributed by atoms with E-state index in [9.17, 15) is 5.11 Å². The van der Waals surface area contributed by atoms with Crippen LogP contribution >= 0.6 is 11.8 Å². The number of aryl methyl sites for hydroxylation is 1. The first-order chi connectivity index (χ1) is 10.2. The number of nitrogens with zero attached hydrogens (tertiary/aromatic N) is 1. The molecule has 0 unspecified atom stereocenters. The van der Waals surface area contributed by atoms with Gasteiger partial charge in [-0.25, -0.2) is 0 Å². The predicted molar refractivity (Wildman–Crippen MR) is 88.3 cm³/mol. The van der Waals surface area contributed by atoms with Crippen molar-refractivity contribution < 1.29 is 5.11 Å². The van der Waals surface area contributed by atoms with Crippen LogP contribution in [0.3, 0.4) is 0 Å². The summed E-state index contributed by atoms with van der Waals surface area (Å²) in [5.74, 6) is 2.18. The molecule has 108 valence electrons. The largest absolute Gasteiger partial charge is 0.508 e. The van der Waals surface area contributed by atoms with Crippen LogP contribution in [0.5, 0.6) is 5.75 Å². The van der Waals surface area contributed by atoms with Crippen LogP contribution in [0.1, 0.15) is 16.7 Å². The lowest BCUT2D eigenvalue weighted by atomic mass is 10.1. The van der Waals surface area contributed by atoms with Gasteiger partial charge in [0.2, 0.25) is 0 Å². The molecule has 2 N–H and O–H groups in total. The van der Waals surface area contributed by atoms with Crippen LogP contribution < -0.4 is 5.32 Å². The van der Waals surface area contributed by atoms with Crippen LogP contribution in [0.4, 0.5) is 0 Å². The molecular formula is C17H18N2OS. The number of rotatable bonds is 4. The summed E-state index contributed by atoms with van der Waals surface area (Å²) >= 11 is 1.74. The zero-order valence-electron chi connectivity index (χ0n) is 12.0. The van der Waals surface area contributed by atoms with Gasteiger partial charge in [-0.3, -0.25) is 4.99 Å². The van der Waals surface area contributed by atoms with Crippen molar-refractivity contribution in [3.05, 3.63) is 59.2 Å². The summed E-state index contributed by atoms with van der Waals surface area (Å²) in [5.41, 5.74) is 3.63. The monoisotopic (exact) mass is 298 g/mol. The summed E-state index contributed by atoms with van der Waals surface area (Å²) in [6.07, 6.45) is 0. The summed E-state index contributed by atoms with van der Waals surface area (Å²) in [6.45, 7) is 3.83. The molecule has 0 saturated heterocycles. The minimum atomic E-state index is 0.318. The molecule has 3 rings (SSSR count). The van der Waals surface area contributed by atoms with Gasteiger partial charge in [0.25, 0.3) is 0 Å². The Kier molecular flexibility index (Phi) is 4.15. The molecule has 0 radical (unpaired) electrons. The predicted octanol–water partition coefficient (Wildman–Crippen LogP) is 3.34. The molecule has 1 aliphatic rings. The lowest BCUT2D eigenvalue weighted by molar-refractivity contribution is 0.473. The van der Waals surface area contributed by atoms with Crippen LogP contribution in [0.15, 0.2) is 52.4 Å². The third-order valence-corrected chi connectivity index (χ3v) is 4.71. The maximum Gasteiger partial charge on any atom is 0.128 e. The first-order valence-electron chi connectivity index (χ1n) is 7.03. The van der Waals surface area contributed by atoms with Crippen molar-refractivity contribution in [2.24, 2.45) is 4.99 Å². The van der Waals surface area contributed by atoms with E-state index in [1.165, 1.54) is 16.7 Å². The van der Waals surface area contributed by atoms with Gasteiger partial charge < -0.3 is 10.4 Å². The number of phenols is 1. The summed E-state index contributed by atoms with van der Waals surface area (Å²) in [5, 5.41) is 13.0. The second-order valence-electron chi connectivity index (χ2n) is 5.05. The lowest BCUT2D eigenvalue weighted by Gasteiger charge is -2.11. The normalized spacial score (nSPS) is 13.9. The fraction of sp³-hybridized carbons (Fsp3) is 0.235. The highest BCUT2D eigenvalue weighted by atomic mass is 32.2. The third-order valence-electron chi connectivity index (χ3n) is 3.50. The highest BCUT2D eigenvalue weighted by Gasteiger charge is 2.12. The van der Waals surface area contributed by atoms with Crippen molar-refractivity contribution in [2.45, 2.75) is 17.6 Å². The highest BCUT2D eigenvalue weighted by molar-refractivity contribution is 7.98.